The van der Waals surface area contributed by atoms with Gasteiger partial charge in [0, 0.05) is 25.0 Å². The topological polar surface area (TPSA) is 75.7 Å². The minimum Gasteiger partial charge on any atom is -0.469 e. The molecular formula is C16H28N2O4. The molecule has 1 aliphatic rings. The van der Waals surface area contributed by atoms with Gasteiger partial charge in [0.05, 0.1) is 19.4 Å². The van der Waals surface area contributed by atoms with Crippen molar-refractivity contribution in [1.29, 1.82) is 0 Å². The summed E-state index contributed by atoms with van der Waals surface area (Å²) in [6.07, 6.45) is 2.58. The first-order chi connectivity index (χ1) is 10.4. The molecule has 0 unspecified atom stereocenters. The number of ether oxygens (including phenoxy) is 1. The number of methoxy groups -OCH3 is 1. The van der Waals surface area contributed by atoms with Crippen molar-refractivity contribution in [3.8, 4) is 0 Å². The predicted molar refractivity (Wildman–Crippen MR) is 83.0 cm³/mol. The largest absolute Gasteiger partial charge is 0.469 e. The molecule has 0 saturated carbocycles. The zero-order valence-electron chi connectivity index (χ0n) is 14.1. The van der Waals surface area contributed by atoms with Crippen LogP contribution in [0.2, 0.25) is 0 Å². The highest BCUT2D eigenvalue weighted by molar-refractivity contribution is 5.82. The number of hydrogen-bond acceptors (Lipinski definition) is 4. The number of carbonyl (C=O) groups excluding carboxylic acids is 3. The van der Waals surface area contributed by atoms with Crippen LogP contribution in [0.25, 0.3) is 0 Å². The van der Waals surface area contributed by atoms with Crippen LogP contribution in [0.1, 0.15) is 46.5 Å². The molecule has 0 aliphatic carbocycles. The van der Waals surface area contributed by atoms with E-state index in [9.17, 15) is 14.4 Å². The molecule has 0 aromatic rings. The van der Waals surface area contributed by atoms with Gasteiger partial charge in [-0.1, -0.05) is 13.8 Å². The second kappa shape index (κ2) is 8.76. The molecule has 2 amide bonds. The quantitative estimate of drug-likeness (QED) is 0.751. The molecular weight excluding hydrogens is 284 g/mol. The summed E-state index contributed by atoms with van der Waals surface area (Å²) in [5.74, 6) is -0.493. The lowest BCUT2D eigenvalue weighted by Crippen LogP contribution is -2.48. The Kier molecular flexibility index (Phi) is 7.35. The van der Waals surface area contributed by atoms with Gasteiger partial charge >= 0.3 is 5.97 Å². The number of rotatable bonds is 6. The van der Waals surface area contributed by atoms with E-state index in [0.29, 0.717) is 6.54 Å². The molecule has 1 saturated heterocycles. The van der Waals surface area contributed by atoms with Gasteiger partial charge in [-0.2, -0.15) is 0 Å². The average Bonchev–Trinajstić information content (AvgIpc) is 2.53. The molecule has 0 aromatic carbocycles. The molecule has 1 fully saturated rings. The summed E-state index contributed by atoms with van der Waals surface area (Å²) in [4.78, 5) is 37.5. The highest BCUT2D eigenvalue weighted by Gasteiger charge is 2.30. The Balaban J connectivity index is 2.52. The summed E-state index contributed by atoms with van der Waals surface area (Å²) in [5, 5.41) is 2.84. The van der Waals surface area contributed by atoms with Crippen LogP contribution in [-0.2, 0) is 19.1 Å². The van der Waals surface area contributed by atoms with E-state index < -0.39 is 0 Å². The number of nitrogens with one attached hydrogen (secondary N) is 1. The minimum atomic E-state index is -0.343. The summed E-state index contributed by atoms with van der Waals surface area (Å²) >= 11 is 0. The van der Waals surface area contributed by atoms with Crippen molar-refractivity contribution in [3.63, 3.8) is 0 Å². The van der Waals surface area contributed by atoms with Crippen LogP contribution in [0.3, 0.4) is 0 Å². The van der Waals surface area contributed by atoms with Gasteiger partial charge in [-0.05, 0) is 26.2 Å². The lowest BCUT2D eigenvalue weighted by Gasteiger charge is -2.34. The van der Waals surface area contributed by atoms with Crippen molar-refractivity contribution in [3.05, 3.63) is 0 Å². The van der Waals surface area contributed by atoms with E-state index in [2.05, 4.69) is 10.1 Å². The van der Waals surface area contributed by atoms with Gasteiger partial charge in [-0.15, -0.1) is 0 Å². The average molecular weight is 312 g/mol. The van der Waals surface area contributed by atoms with Gasteiger partial charge in [0.2, 0.25) is 11.8 Å². The van der Waals surface area contributed by atoms with Crippen LogP contribution in [0.4, 0.5) is 0 Å². The van der Waals surface area contributed by atoms with Crippen LogP contribution in [0.15, 0.2) is 0 Å². The highest BCUT2D eigenvalue weighted by Crippen LogP contribution is 2.19. The summed E-state index contributed by atoms with van der Waals surface area (Å²) in [7, 11) is 1.33. The lowest BCUT2D eigenvalue weighted by molar-refractivity contribution is -0.141. The van der Waals surface area contributed by atoms with E-state index in [4.69, 9.17) is 0 Å². The van der Waals surface area contributed by atoms with Crippen LogP contribution in [-0.4, -0.2) is 48.9 Å². The molecule has 0 radical (unpaired) electrons. The lowest BCUT2D eigenvalue weighted by atomic mass is 9.95. The molecule has 3 atom stereocenters. The van der Waals surface area contributed by atoms with Gasteiger partial charge in [0.15, 0.2) is 0 Å². The first-order valence-corrected chi connectivity index (χ1v) is 8.05. The fourth-order valence-corrected chi connectivity index (χ4v) is 2.62. The van der Waals surface area contributed by atoms with Gasteiger partial charge in [0.25, 0.3) is 0 Å². The van der Waals surface area contributed by atoms with E-state index in [1.165, 1.54) is 7.11 Å². The Bertz CT molecular complexity index is 411. The van der Waals surface area contributed by atoms with Crippen molar-refractivity contribution >= 4 is 17.8 Å². The van der Waals surface area contributed by atoms with Crippen molar-refractivity contribution in [2.45, 2.75) is 52.5 Å². The summed E-state index contributed by atoms with van der Waals surface area (Å²) in [5.41, 5.74) is 0. The van der Waals surface area contributed by atoms with E-state index in [-0.39, 0.29) is 42.1 Å². The third-order valence-electron chi connectivity index (χ3n) is 4.23. The number of likely N-dealkylation sites (tertiary alicyclic amines) is 1. The second-order valence-electron chi connectivity index (χ2n) is 6.12. The first kappa shape index (κ1) is 18.5. The van der Waals surface area contributed by atoms with Crippen LogP contribution in [0, 0.1) is 11.8 Å². The van der Waals surface area contributed by atoms with Crippen LogP contribution >= 0.6 is 0 Å². The van der Waals surface area contributed by atoms with E-state index >= 15 is 0 Å². The molecule has 1 N–H and O–H groups in total. The predicted octanol–water partition coefficient (Wildman–Crippen LogP) is 1.34. The van der Waals surface area contributed by atoms with E-state index in [1.807, 2.05) is 13.8 Å². The number of piperidine rings is 1. The molecule has 22 heavy (non-hydrogen) atoms. The number of hydrogen-bond donors (Lipinski definition) is 1. The van der Waals surface area contributed by atoms with Crippen molar-refractivity contribution in [2.24, 2.45) is 11.8 Å². The Morgan fingerprint density at radius 3 is 2.59 bits per heavy atom. The summed E-state index contributed by atoms with van der Waals surface area (Å²) < 4.78 is 4.59. The third-order valence-corrected chi connectivity index (χ3v) is 4.23. The first-order valence-electron chi connectivity index (χ1n) is 8.05. The summed E-state index contributed by atoms with van der Waals surface area (Å²) in [6.45, 7) is 6.89. The van der Waals surface area contributed by atoms with Gasteiger partial charge < -0.3 is 15.0 Å². The van der Waals surface area contributed by atoms with Gasteiger partial charge in [-0.3, -0.25) is 14.4 Å². The van der Waals surface area contributed by atoms with Crippen LogP contribution < -0.4 is 5.32 Å². The Morgan fingerprint density at radius 1 is 1.32 bits per heavy atom. The number of nitrogens with zero attached hydrogens (tertiary/aromatic N) is 1. The summed E-state index contributed by atoms with van der Waals surface area (Å²) in [6, 6.07) is -0.263. The molecule has 6 heteroatoms. The molecule has 126 valence electrons. The van der Waals surface area contributed by atoms with E-state index in [0.717, 1.165) is 25.8 Å². The van der Waals surface area contributed by atoms with Crippen molar-refractivity contribution < 1.29 is 19.1 Å². The number of amides is 2. The maximum atomic E-state index is 12.3. The normalized spacial score (nSPS) is 20.9. The third kappa shape index (κ3) is 5.31. The Hall–Kier alpha value is -1.59. The molecule has 0 spiro atoms. The fourth-order valence-electron chi connectivity index (χ4n) is 2.62. The number of esters is 1. The molecule has 6 nitrogen and oxygen atoms in total. The molecule has 1 rings (SSSR count). The van der Waals surface area contributed by atoms with Crippen molar-refractivity contribution in [1.82, 2.24) is 10.2 Å². The minimum absolute atomic E-state index is 0.0000549. The number of carbonyl (C=O) groups is 3. The Morgan fingerprint density at radius 2 is 2.00 bits per heavy atom. The standard InChI is InChI=1S/C16H28N2O4/c1-5-11(2)16(21)18-8-6-7-13(10-18)15(20)17-12(3)9-14(19)22-4/h11-13H,5-10H2,1-4H3,(H,17,20)/t11-,12-,13-/m0/s1. The van der Waals surface area contributed by atoms with Crippen LogP contribution in [0.5, 0.6) is 0 Å². The molecule has 0 aromatic heterocycles. The smallest absolute Gasteiger partial charge is 0.307 e. The van der Waals surface area contributed by atoms with Crippen molar-refractivity contribution in [2.75, 3.05) is 20.2 Å². The Labute approximate surface area is 132 Å². The molecule has 1 heterocycles. The van der Waals surface area contributed by atoms with E-state index in [1.54, 1.807) is 11.8 Å². The maximum Gasteiger partial charge on any atom is 0.307 e. The SMILES string of the molecule is CC[C@H](C)C(=O)N1CCC[C@H](C(=O)N[C@@H](C)CC(=O)OC)C1. The van der Waals surface area contributed by atoms with Gasteiger partial charge in [0.1, 0.15) is 0 Å². The van der Waals surface area contributed by atoms with Gasteiger partial charge in [-0.25, -0.2) is 0 Å². The molecule has 0 bridgehead atoms. The zero-order valence-corrected chi connectivity index (χ0v) is 14.1. The highest BCUT2D eigenvalue weighted by atomic mass is 16.5. The fraction of sp³-hybridized carbons (Fsp3) is 0.812. The second-order valence-corrected chi connectivity index (χ2v) is 6.12. The maximum absolute atomic E-state index is 12.3. The molecule has 1 aliphatic heterocycles. The monoisotopic (exact) mass is 312 g/mol. The zero-order chi connectivity index (χ0) is 16.7.